The van der Waals surface area contributed by atoms with Gasteiger partial charge in [-0.15, -0.1) is 11.3 Å². The molecule has 150 valence electrons. The minimum absolute atomic E-state index is 0.372. The minimum atomic E-state index is -4.60. The van der Waals surface area contributed by atoms with Crippen molar-refractivity contribution in [2.45, 2.75) is 45.4 Å². The molecule has 8 heteroatoms. The molecule has 0 saturated carbocycles. The average molecular weight is 411 g/mol. The van der Waals surface area contributed by atoms with Gasteiger partial charge in [0.05, 0.1) is 11.3 Å². The molecule has 0 unspecified atom stereocenters. The van der Waals surface area contributed by atoms with Crippen molar-refractivity contribution in [2.24, 2.45) is 5.92 Å². The van der Waals surface area contributed by atoms with Crippen molar-refractivity contribution >= 4 is 28.9 Å². The Kier molecular flexibility index (Phi) is 5.79. The van der Waals surface area contributed by atoms with Crippen LogP contribution in [0.15, 0.2) is 30.3 Å². The van der Waals surface area contributed by atoms with Gasteiger partial charge in [-0.25, -0.2) is 4.79 Å². The lowest BCUT2D eigenvalue weighted by atomic mass is 9.90. The molecule has 2 atom stereocenters. The summed E-state index contributed by atoms with van der Waals surface area (Å²) < 4.78 is 44.3. The number of fused-ring (bicyclic) bond motifs is 1. The molecule has 0 aliphatic heterocycles. The first-order chi connectivity index (χ1) is 13.1. The molecule has 1 heterocycles. The Morgan fingerprint density at radius 3 is 2.71 bits per heavy atom. The van der Waals surface area contributed by atoms with Crippen LogP contribution in [0.2, 0.25) is 0 Å². The second-order valence-corrected chi connectivity index (χ2v) is 8.12. The van der Waals surface area contributed by atoms with Crippen molar-refractivity contribution in [3.63, 3.8) is 0 Å². The topological polar surface area (TPSA) is 55.4 Å². The van der Waals surface area contributed by atoms with Crippen LogP contribution in [0.3, 0.4) is 0 Å². The number of carbonyl (C=O) groups is 2. The van der Waals surface area contributed by atoms with E-state index in [4.69, 9.17) is 4.74 Å². The molecule has 0 saturated heterocycles. The van der Waals surface area contributed by atoms with E-state index in [2.05, 4.69) is 12.2 Å². The first kappa shape index (κ1) is 20.4. The first-order valence-corrected chi connectivity index (χ1v) is 9.76. The van der Waals surface area contributed by atoms with Crippen molar-refractivity contribution in [2.75, 3.05) is 5.32 Å². The fraction of sp³-hybridized carbons (Fsp3) is 0.400. The van der Waals surface area contributed by atoms with Crippen LogP contribution in [-0.2, 0) is 28.5 Å². The predicted octanol–water partition coefficient (Wildman–Crippen LogP) is 5.08. The van der Waals surface area contributed by atoms with Gasteiger partial charge in [-0.1, -0.05) is 19.1 Å². The molecular formula is C20H20F3NO3S. The van der Waals surface area contributed by atoms with Gasteiger partial charge >= 0.3 is 12.1 Å². The summed E-state index contributed by atoms with van der Waals surface area (Å²) in [5.41, 5.74) is -0.197. The van der Waals surface area contributed by atoms with Gasteiger partial charge in [0.15, 0.2) is 6.10 Å². The molecule has 1 aromatic carbocycles. The van der Waals surface area contributed by atoms with Crippen molar-refractivity contribution < 1.29 is 27.5 Å². The van der Waals surface area contributed by atoms with E-state index < -0.39 is 29.7 Å². The smallest absolute Gasteiger partial charge is 0.418 e. The molecule has 4 nitrogen and oxygen atoms in total. The van der Waals surface area contributed by atoms with E-state index in [0.717, 1.165) is 41.8 Å². The fourth-order valence-electron chi connectivity index (χ4n) is 3.15. The number of halogens is 3. The van der Waals surface area contributed by atoms with Gasteiger partial charge in [-0.05, 0) is 55.9 Å². The molecular weight excluding hydrogens is 391 g/mol. The SMILES string of the molecule is C[C@@H]1CCc2sc(C(=O)O[C@@H](C)C(=O)Nc3ccccc3C(F)(F)F)cc2C1. The number of hydrogen-bond donors (Lipinski definition) is 1. The van der Waals surface area contributed by atoms with Gasteiger partial charge in [0.1, 0.15) is 4.88 Å². The second kappa shape index (κ2) is 7.95. The molecule has 28 heavy (non-hydrogen) atoms. The van der Waals surface area contributed by atoms with E-state index in [1.807, 2.05) is 0 Å². The Morgan fingerprint density at radius 1 is 1.29 bits per heavy atom. The summed E-state index contributed by atoms with van der Waals surface area (Å²) in [6.07, 6.45) is -2.94. The molecule has 1 aliphatic rings. The molecule has 0 spiro atoms. The Labute approximate surface area is 164 Å². The number of esters is 1. The maximum atomic E-state index is 13.0. The van der Waals surface area contributed by atoms with Crippen molar-refractivity contribution in [3.05, 3.63) is 51.2 Å². The van der Waals surface area contributed by atoms with Gasteiger partial charge in [-0.2, -0.15) is 13.2 Å². The highest BCUT2D eigenvalue weighted by Crippen LogP contribution is 2.35. The van der Waals surface area contributed by atoms with Crippen LogP contribution in [0.5, 0.6) is 0 Å². The van der Waals surface area contributed by atoms with Crippen molar-refractivity contribution in [3.8, 4) is 0 Å². The normalized spacial score (nSPS) is 17.5. The van der Waals surface area contributed by atoms with Crippen LogP contribution in [0.1, 0.15) is 45.9 Å². The lowest BCUT2D eigenvalue weighted by Crippen LogP contribution is -2.30. The molecule has 3 rings (SSSR count). The van der Waals surface area contributed by atoms with E-state index in [9.17, 15) is 22.8 Å². The molecule has 0 radical (unpaired) electrons. The summed E-state index contributed by atoms with van der Waals surface area (Å²) in [4.78, 5) is 26.2. The molecule has 0 fully saturated rings. The molecule has 1 amide bonds. The number of thiophene rings is 1. The zero-order chi connectivity index (χ0) is 20.5. The molecule has 2 aromatic rings. The number of rotatable bonds is 4. The standard InChI is InChI=1S/C20H20F3NO3S/c1-11-7-8-16-13(9-11)10-17(28-16)19(26)27-12(2)18(25)24-15-6-4-3-5-14(15)20(21,22)23/h3-6,10-12H,7-9H2,1-2H3,(H,24,25)/t11-,12+/m1/s1. The number of amides is 1. The number of alkyl halides is 3. The third kappa shape index (κ3) is 4.55. The number of nitrogens with one attached hydrogen (secondary N) is 1. The number of anilines is 1. The Balaban J connectivity index is 1.66. The van der Waals surface area contributed by atoms with Crippen LogP contribution in [0.4, 0.5) is 18.9 Å². The largest absolute Gasteiger partial charge is 0.448 e. The summed E-state index contributed by atoms with van der Waals surface area (Å²) in [7, 11) is 0. The molecule has 1 aromatic heterocycles. The van der Waals surface area contributed by atoms with Crippen LogP contribution in [0, 0.1) is 5.92 Å². The van der Waals surface area contributed by atoms with E-state index in [1.165, 1.54) is 30.4 Å². The Morgan fingerprint density at radius 2 is 2.00 bits per heavy atom. The number of para-hydroxylation sites is 1. The third-order valence-electron chi connectivity index (χ3n) is 4.67. The summed E-state index contributed by atoms with van der Waals surface area (Å²) in [5, 5.41) is 2.20. The van der Waals surface area contributed by atoms with E-state index in [-0.39, 0.29) is 5.69 Å². The van der Waals surface area contributed by atoms with Gasteiger partial charge in [-0.3, -0.25) is 4.79 Å². The highest BCUT2D eigenvalue weighted by Gasteiger charge is 2.34. The van der Waals surface area contributed by atoms with Gasteiger partial charge in [0.2, 0.25) is 0 Å². The van der Waals surface area contributed by atoms with Crippen LogP contribution in [0.25, 0.3) is 0 Å². The van der Waals surface area contributed by atoms with Crippen LogP contribution >= 0.6 is 11.3 Å². The highest BCUT2D eigenvalue weighted by molar-refractivity contribution is 7.14. The van der Waals surface area contributed by atoms with E-state index in [0.29, 0.717) is 10.8 Å². The molecule has 0 bridgehead atoms. The monoisotopic (exact) mass is 411 g/mol. The fourth-order valence-corrected chi connectivity index (χ4v) is 4.24. The number of hydrogen-bond acceptors (Lipinski definition) is 4. The zero-order valence-corrected chi connectivity index (χ0v) is 16.2. The molecule has 1 aliphatic carbocycles. The zero-order valence-electron chi connectivity index (χ0n) is 15.4. The van der Waals surface area contributed by atoms with Crippen LogP contribution < -0.4 is 5.32 Å². The predicted molar refractivity (Wildman–Crippen MR) is 100 cm³/mol. The van der Waals surface area contributed by atoms with Crippen molar-refractivity contribution in [1.82, 2.24) is 0 Å². The second-order valence-electron chi connectivity index (χ2n) is 6.99. The minimum Gasteiger partial charge on any atom is -0.448 e. The first-order valence-electron chi connectivity index (χ1n) is 8.94. The maximum absolute atomic E-state index is 13.0. The lowest BCUT2D eigenvalue weighted by Gasteiger charge is -2.16. The lowest BCUT2D eigenvalue weighted by molar-refractivity contribution is -0.137. The van der Waals surface area contributed by atoms with Gasteiger partial charge < -0.3 is 10.1 Å². The summed E-state index contributed by atoms with van der Waals surface area (Å²) in [5.74, 6) is -0.900. The Bertz CT molecular complexity index is 891. The quantitative estimate of drug-likeness (QED) is 0.714. The van der Waals surface area contributed by atoms with E-state index in [1.54, 1.807) is 6.07 Å². The van der Waals surface area contributed by atoms with Gasteiger partial charge in [0, 0.05) is 4.88 Å². The summed E-state index contributed by atoms with van der Waals surface area (Å²) in [6, 6.07) is 6.45. The number of ether oxygens (including phenoxy) is 1. The third-order valence-corrected chi connectivity index (χ3v) is 5.89. The van der Waals surface area contributed by atoms with E-state index >= 15 is 0 Å². The number of carbonyl (C=O) groups excluding carboxylic acids is 2. The van der Waals surface area contributed by atoms with Crippen molar-refractivity contribution in [1.29, 1.82) is 0 Å². The average Bonchev–Trinajstić information content (AvgIpc) is 3.04. The van der Waals surface area contributed by atoms with Crippen LogP contribution in [-0.4, -0.2) is 18.0 Å². The Hall–Kier alpha value is -2.35. The number of benzene rings is 1. The maximum Gasteiger partial charge on any atom is 0.418 e. The summed E-state index contributed by atoms with van der Waals surface area (Å²) >= 11 is 1.35. The van der Waals surface area contributed by atoms with Gasteiger partial charge in [0.25, 0.3) is 5.91 Å². The highest BCUT2D eigenvalue weighted by atomic mass is 32.1. The summed E-state index contributed by atoms with van der Waals surface area (Å²) in [6.45, 7) is 3.49. The number of aryl methyl sites for hydroxylation is 1. The molecule has 1 N–H and O–H groups in total.